The number of carbonyl (C=O) groups is 1. The van der Waals surface area contributed by atoms with Gasteiger partial charge in [0, 0.05) is 22.3 Å². The number of aromatic amines is 1. The first-order chi connectivity index (χ1) is 17.0. The average molecular weight is 496 g/mol. The number of likely N-dealkylation sites (tertiary alicyclic amines) is 1. The summed E-state index contributed by atoms with van der Waals surface area (Å²) in [6.45, 7) is 2.42. The van der Waals surface area contributed by atoms with Crippen molar-refractivity contribution in [2.75, 3.05) is 13.1 Å². The SMILES string of the molecule is O=C(O)c1ccc2[nH]c(CN3CCC(c4cccnc4OCc4ccc(Cl)cc4F)CC3)nc2n1. The molecule has 1 aromatic carbocycles. The molecule has 0 radical (unpaired) electrons. The standard InChI is InChI=1S/C25H23ClFN5O3/c26-17-4-3-16(19(27)12-17)14-35-24-18(2-1-9-28-24)15-7-10-32(11-8-15)13-22-29-20-5-6-21(25(33)34)30-23(20)31-22/h1-6,9,12,15H,7-8,10-11,13-14H2,(H,33,34)(H,29,30,31). The quantitative estimate of drug-likeness (QED) is 0.379. The maximum Gasteiger partial charge on any atom is 0.354 e. The Balaban J connectivity index is 1.21. The highest BCUT2D eigenvalue weighted by Crippen LogP contribution is 2.33. The molecule has 0 bridgehead atoms. The molecule has 5 rings (SSSR count). The van der Waals surface area contributed by atoms with E-state index in [9.17, 15) is 9.18 Å². The lowest BCUT2D eigenvalue weighted by atomic mass is 9.90. The first-order valence-electron chi connectivity index (χ1n) is 11.3. The number of carboxylic acids is 1. The molecule has 0 spiro atoms. The van der Waals surface area contributed by atoms with Gasteiger partial charge in [-0.05, 0) is 62.2 Å². The van der Waals surface area contributed by atoms with Crippen molar-refractivity contribution in [3.8, 4) is 5.88 Å². The van der Waals surface area contributed by atoms with E-state index in [4.69, 9.17) is 21.4 Å². The predicted octanol–water partition coefficient (Wildman–Crippen LogP) is 4.80. The number of hydrogen-bond acceptors (Lipinski definition) is 6. The second-order valence-corrected chi connectivity index (χ2v) is 8.97. The van der Waals surface area contributed by atoms with Gasteiger partial charge >= 0.3 is 5.97 Å². The number of carboxylic acid groups (broad SMARTS) is 1. The van der Waals surface area contributed by atoms with Crippen LogP contribution < -0.4 is 4.74 Å². The van der Waals surface area contributed by atoms with Crippen LogP contribution in [-0.2, 0) is 13.2 Å². The van der Waals surface area contributed by atoms with Gasteiger partial charge in [-0.3, -0.25) is 4.90 Å². The minimum absolute atomic E-state index is 0.0235. The number of benzene rings is 1. The van der Waals surface area contributed by atoms with Crippen molar-refractivity contribution < 1.29 is 19.0 Å². The molecule has 180 valence electrons. The zero-order chi connectivity index (χ0) is 24.4. The molecule has 1 saturated heterocycles. The molecule has 2 N–H and O–H groups in total. The fourth-order valence-corrected chi connectivity index (χ4v) is 4.53. The number of imidazole rings is 1. The van der Waals surface area contributed by atoms with Crippen LogP contribution in [0, 0.1) is 5.82 Å². The molecule has 0 saturated carbocycles. The second kappa shape index (κ2) is 9.97. The average Bonchev–Trinajstić information content (AvgIpc) is 3.26. The minimum atomic E-state index is -1.07. The number of piperidine rings is 1. The zero-order valence-electron chi connectivity index (χ0n) is 18.7. The Kier molecular flexibility index (Phi) is 6.61. The summed E-state index contributed by atoms with van der Waals surface area (Å²) in [5.41, 5.74) is 2.55. The molecule has 10 heteroatoms. The van der Waals surface area contributed by atoms with Crippen LogP contribution in [0.4, 0.5) is 4.39 Å². The summed E-state index contributed by atoms with van der Waals surface area (Å²) in [5.74, 6) is 0.0843. The van der Waals surface area contributed by atoms with Crippen LogP contribution in [0.5, 0.6) is 5.88 Å². The Morgan fingerprint density at radius 1 is 1.20 bits per heavy atom. The van der Waals surface area contributed by atoms with Crippen LogP contribution in [0.3, 0.4) is 0 Å². The van der Waals surface area contributed by atoms with Gasteiger partial charge in [-0.15, -0.1) is 0 Å². The minimum Gasteiger partial charge on any atom is -0.477 e. The second-order valence-electron chi connectivity index (χ2n) is 8.53. The maximum atomic E-state index is 14.1. The van der Waals surface area contributed by atoms with E-state index in [1.54, 1.807) is 24.4 Å². The number of aromatic carboxylic acids is 1. The lowest BCUT2D eigenvalue weighted by Crippen LogP contribution is -2.33. The van der Waals surface area contributed by atoms with Gasteiger partial charge in [0.15, 0.2) is 11.3 Å². The first-order valence-corrected chi connectivity index (χ1v) is 11.7. The molecule has 1 aliphatic heterocycles. The van der Waals surface area contributed by atoms with Crippen molar-refractivity contribution in [1.29, 1.82) is 0 Å². The summed E-state index contributed by atoms with van der Waals surface area (Å²) < 4.78 is 20.0. The van der Waals surface area contributed by atoms with Gasteiger partial charge < -0.3 is 14.8 Å². The number of rotatable bonds is 7. The third-order valence-corrected chi connectivity index (χ3v) is 6.43. The lowest BCUT2D eigenvalue weighted by Gasteiger charge is -2.32. The van der Waals surface area contributed by atoms with Crippen LogP contribution in [0.25, 0.3) is 11.2 Å². The lowest BCUT2D eigenvalue weighted by molar-refractivity contribution is 0.0691. The number of aromatic nitrogens is 4. The van der Waals surface area contributed by atoms with Gasteiger partial charge in [0.25, 0.3) is 0 Å². The van der Waals surface area contributed by atoms with Gasteiger partial charge in [-0.1, -0.05) is 23.7 Å². The zero-order valence-corrected chi connectivity index (χ0v) is 19.5. The monoisotopic (exact) mass is 495 g/mol. The molecular weight excluding hydrogens is 473 g/mol. The molecule has 3 aromatic heterocycles. The molecule has 4 heterocycles. The van der Waals surface area contributed by atoms with E-state index in [-0.39, 0.29) is 18.2 Å². The van der Waals surface area contributed by atoms with E-state index in [1.165, 1.54) is 12.1 Å². The number of fused-ring (bicyclic) bond motifs is 1. The van der Waals surface area contributed by atoms with Crippen LogP contribution in [0.15, 0.2) is 48.7 Å². The van der Waals surface area contributed by atoms with Crippen LogP contribution >= 0.6 is 11.6 Å². The maximum absolute atomic E-state index is 14.1. The molecule has 0 unspecified atom stereocenters. The molecule has 8 nitrogen and oxygen atoms in total. The fourth-order valence-electron chi connectivity index (χ4n) is 4.37. The molecule has 0 atom stereocenters. The van der Waals surface area contributed by atoms with Gasteiger partial charge in [0.2, 0.25) is 5.88 Å². The van der Waals surface area contributed by atoms with Crippen LogP contribution in [-0.4, -0.2) is 49.0 Å². The summed E-state index contributed by atoms with van der Waals surface area (Å²) in [6.07, 6.45) is 3.51. The summed E-state index contributed by atoms with van der Waals surface area (Å²) in [7, 11) is 0. The van der Waals surface area contributed by atoms with Crippen LogP contribution in [0.1, 0.15) is 46.2 Å². The van der Waals surface area contributed by atoms with Crippen molar-refractivity contribution in [2.45, 2.75) is 31.9 Å². The van der Waals surface area contributed by atoms with E-state index in [2.05, 4.69) is 24.8 Å². The van der Waals surface area contributed by atoms with E-state index in [0.29, 0.717) is 34.2 Å². The van der Waals surface area contributed by atoms with Gasteiger partial charge in [0.1, 0.15) is 18.2 Å². The van der Waals surface area contributed by atoms with Crippen molar-refractivity contribution in [3.05, 3.63) is 82.1 Å². The molecule has 0 aliphatic carbocycles. The molecule has 4 aromatic rings. The van der Waals surface area contributed by atoms with Crippen molar-refractivity contribution >= 4 is 28.7 Å². The number of hydrogen-bond donors (Lipinski definition) is 2. The largest absolute Gasteiger partial charge is 0.477 e. The molecule has 0 amide bonds. The highest BCUT2D eigenvalue weighted by molar-refractivity contribution is 6.30. The Bertz CT molecular complexity index is 1370. The predicted molar refractivity (Wildman–Crippen MR) is 128 cm³/mol. The molecule has 1 aliphatic rings. The smallest absolute Gasteiger partial charge is 0.354 e. The van der Waals surface area contributed by atoms with E-state index < -0.39 is 11.8 Å². The Morgan fingerprint density at radius 2 is 2.03 bits per heavy atom. The van der Waals surface area contributed by atoms with Crippen molar-refractivity contribution in [2.24, 2.45) is 0 Å². The number of ether oxygens (including phenoxy) is 1. The molecule has 35 heavy (non-hydrogen) atoms. The summed E-state index contributed by atoms with van der Waals surface area (Å²) in [5, 5.41) is 9.47. The highest BCUT2D eigenvalue weighted by Gasteiger charge is 2.24. The Hall–Kier alpha value is -3.56. The third kappa shape index (κ3) is 5.26. The van der Waals surface area contributed by atoms with Gasteiger partial charge in [-0.25, -0.2) is 24.1 Å². The summed E-state index contributed by atoms with van der Waals surface area (Å²) >= 11 is 5.83. The summed E-state index contributed by atoms with van der Waals surface area (Å²) in [4.78, 5) is 29.6. The number of H-pyrrole nitrogens is 1. The number of nitrogens with one attached hydrogen (secondary N) is 1. The molecule has 1 fully saturated rings. The van der Waals surface area contributed by atoms with Crippen LogP contribution in [0.2, 0.25) is 5.02 Å². The fraction of sp³-hybridized carbons (Fsp3) is 0.280. The first kappa shape index (κ1) is 23.2. The topological polar surface area (TPSA) is 104 Å². The van der Waals surface area contributed by atoms with Crippen molar-refractivity contribution in [3.63, 3.8) is 0 Å². The van der Waals surface area contributed by atoms with E-state index >= 15 is 0 Å². The number of pyridine rings is 2. The summed E-state index contributed by atoms with van der Waals surface area (Å²) in [6, 6.07) is 11.6. The number of halogens is 2. The van der Waals surface area contributed by atoms with E-state index in [1.807, 2.05) is 12.1 Å². The third-order valence-electron chi connectivity index (χ3n) is 6.19. The number of nitrogens with zero attached hydrogens (tertiary/aromatic N) is 4. The van der Waals surface area contributed by atoms with E-state index in [0.717, 1.165) is 37.3 Å². The van der Waals surface area contributed by atoms with Gasteiger partial charge in [-0.2, -0.15) is 0 Å². The Labute approximate surface area is 205 Å². The highest BCUT2D eigenvalue weighted by atomic mass is 35.5. The Morgan fingerprint density at radius 3 is 2.80 bits per heavy atom. The molecular formula is C25H23ClFN5O3. The van der Waals surface area contributed by atoms with Crippen molar-refractivity contribution in [1.82, 2.24) is 24.8 Å². The van der Waals surface area contributed by atoms with Gasteiger partial charge in [0.05, 0.1) is 12.1 Å². The normalized spacial score (nSPS) is 14.9.